The molecule has 638 valence electrons. The summed E-state index contributed by atoms with van der Waals surface area (Å²) in [4.78, 5) is 31.7. The van der Waals surface area contributed by atoms with Crippen LogP contribution in [0, 0.1) is 105 Å². The van der Waals surface area contributed by atoms with E-state index in [1.165, 1.54) is 192 Å². The fourth-order valence-corrected chi connectivity index (χ4v) is 30.4. The number of unbranched alkanes of at least 4 members (excludes halogenated alkanes) is 8. The van der Waals surface area contributed by atoms with Crippen LogP contribution in [-0.4, -0.2) is 37.4 Å². The summed E-state index contributed by atoms with van der Waals surface area (Å²) < 4.78 is 25.2. The first-order valence-corrected chi connectivity index (χ1v) is 50.6. The second kappa shape index (κ2) is 38.3. The van der Waals surface area contributed by atoms with Gasteiger partial charge in [-0.25, -0.2) is 0 Å². The highest BCUT2D eigenvalue weighted by atomic mass is 32.1. The Hall–Kier alpha value is -5.18. The molecular formula is C109H154O6S2. The van der Waals surface area contributed by atoms with Crippen LogP contribution in [0.2, 0.25) is 0 Å². The van der Waals surface area contributed by atoms with Gasteiger partial charge >= 0.3 is 11.9 Å². The third kappa shape index (κ3) is 18.7. The number of esters is 2. The van der Waals surface area contributed by atoms with Gasteiger partial charge in [-0.05, 0) is 388 Å². The lowest BCUT2D eigenvalue weighted by Gasteiger charge is -2.61. The van der Waals surface area contributed by atoms with Crippen LogP contribution in [0.3, 0.4) is 0 Å². The fraction of sp³-hybridized carbons (Fsp3) is 0.688. The van der Waals surface area contributed by atoms with E-state index >= 15 is 0 Å². The average molecular weight is 1620 g/mol. The Balaban J connectivity index is 0.452. The predicted octanol–water partition coefficient (Wildman–Crippen LogP) is 31.8. The van der Waals surface area contributed by atoms with E-state index in [9.17, 15) is 9.59 Å². The maximum atomic E-state index is 13.3. The molecule has 2 heterocycles. The van der Waals surface area contributed by atoms with Crippen molar-refractivity contribution in [1.82, 2.24) is 0 Å². The zero-order valence-corrected chi connectivity index (χ0v) is 76.7. The first-order chi connectivity index (χ1) is 56.6. The van der Waals surface area contributed by atoms with Crippen molar-refractivity contribution in [1.29, 1.82) is 0 Å². The van der Waals surface area contributed by atoms with Crippen molar-refractivity contribution in [2.75, 3.05) is 13.2 Å². The molecule has 0 saturated heterocycles. The van der Waals surface area contributed by atoms with Crippen molar-refractivity contribution < 1.29 is 28.5 Å². The van der Waals surface area contributed by atoms with E-state index in [2.05, 4.69) is 192 Å². The Labute approximate surface area is 718 Å². The van der Waals surface area contributed by atoms with Crippen LogP contribution in [-0.2, 0) is 24.5 Å². The second-order valence-corrected chi connectivity index (χ2v) is 44.5. The molecule has 2 unspecified atom stereocenters. The van der Waals surface area contributed by atoms with Crippen molar-refractivity contribution in [3.05, 3.63) is 120 Å². The van der Waals surface area contributed by atoms with E-state index < -0.39 is 0 Å². The summed E-state index contributed by atoms with van der Waals surface area (Å²) in [5, 5.41) is 0. The average Bonchev–Trinajstić information content (AvgIpc) is 1.65. The molecule has 9 aliphatic rings. The lowest BCUT2D eigenvalue weighted by Crippen LogP contribution is -2.54. The molecule has 8 heteroatoms. The van der Waals surface area contributed by atoms with E-state index in [1.807, 2.05) is 22.7 Å². The molecule has 0 radical (unpaired) electrons. The summed E-state index contributed by atoms with van der Waals surface area (Å²) in [5.74, 6) is 13.9. The molecular weight excluding hydrogens is 1470 g/mol. The van der Waals surface area contributed by atoms with Gasteiger partial charge in [0.2, 0.25) is 0 Å². The van der Waals surface area contributed by atoms with Crippen molar-refractivity contribution in [3.8, 4) is 64.4 Å². The van der Waals surface area contributed by atoms with Gasteiger partial charge < -0.3 is 18.9 Å². The van der Waals surface area contributed by atoms with E-state index in [0.717, 1.165) is 198 Å². The van der Waals surface area contributed by atoms with Crippen LogP contribution >= 0.6 is 22.7 Å². The number of benzene rings is 4. The van der Waals surface area contributed by atoms with Crippen LogP contribution in [0.15, 0.2) is 109 Å². The molecule has 8 fully saturated rings. The van der Waals surface area contributed by atoms with Gasteiger partial charge in [-0.15, -0.1) is 22.7 Å². The van der Waals surface area contributed by atoms with Gasteiger partial charge in [0.05, 0.1) is 13.2 Å². The van der Waals surface area contributed by atoms with Crippen molar-refractivity contribution in [2.45, 2.75) is 358 Å². The van der Waals surface area contributed by atoms with E-state index in [-0.39, 0.29) is 29.6 Å². The number of hydrogen-bond acceptors (Lipinski definition) is 8. The Kier molecular flexibility index (Phi) is 28.4. The van der Waals surface area contributed by atoms with Gasteiger partial charge in [0.1, 0.15) is 23.7 Å². The SMILES string of the molecule is CCCC1(CCC)c2cc(-c3ccc(-c4ccc(OCCCCCCCC(=O)O[C@H]5CC[C@@]6(C)C(CC[C@H]7[C@@H]8CC[C@H]([C@H](C)CCCC(C)C)[C@@]8(C)CC[C@@H]76)C5)cc4)s3)ccc2-c2ccc(-c3ccc(-c4ccc(OCCCCCCCC(=O)O[C@H]5CC[C@@]6(C)C(CC[C@H]7[C@@H]8CC[C@H]([C@H](C)CCCC(C)C)[C@@]8(C)CC[C@@H]76)C5)cc4)s3)cc21. The van der Waals surface area contributed by atoms with E-state index in [0.29, 0.717) is 59.6 Å². The Morgan fingerprint density at radius 1 is 0.385 bits per heavy atom. The quantitative estimate of drug-likeness (QED) is 0.0284. The van der Waals surface area contributed by atoms with Crippen LogP contribution in [0.1, 0.15) is 351 Å². The lowest BCUT2D eigenvalue weighted by atomic mass is 9.44. The molecule has 4 aromatic carbocycles. The molecule has 0 aliphatic heterocycles. The Bertz CT molecular complexity index is 3950. The van der Waals surface area contributed by atoms with Crippen molar-refractivity contribution in [3.63, 3.8) is 0 Å². The van der Waals surface area contributed by atoms with Gasteiger partial charge in [0, 0.05) is 37.8 Å². The summed E-state index contributed by atoms with van der Waals surface area (Å²) in [7, 11) is 0. The highest BCUT2D eigenvalue weighted by Gasteiger charge is 2.63. The smallest absolute Gasteiger partial charge is 0.306 e. The minimum Gasteiger partial charge on any atom is -0.494 e. The summed E-state index contributed by atoms with van der Waals surface area (Å²) in [6.07, 6.45) is 48.6. The molecule has 15 rings (SSSR count). The summed E-state index contributed by atoms with van der Waals surface area (Å²) in [6.45, 7) is 31.7. The van der Waals surface area contributed by atoms with E-state index in [1.54, 1.807) is 0 Å². The minimum atomic E-state index is -0.0413. The maximum Gasteiger partial charge on any atom is 0.306 e. The number of carbonyl (C=O) groups is 2. The summed E-state index contributed by atoms with van der Waals surface area (Å²) in [5.41, 5.74) is 12.7. The Morgan fingerprint density at radius 3 is 1.15 bits per heavy atom. The Morgan fingerprint density at radius 2 is 0.752 bits per heavy atom. The highest BCUT2D eigenvalue weighted by molar-refractivity contribution is 7.19. The monoisotopic (exact) mass is 1620 g/mol. The molecule has 6 aromatic rings. The normalized spacial score (nSPS) is 30.4. The summed E-state index contributed by atoms with van der Waals surface area (Å²) in [6, 6.07) is 41.3. The molecule has 0 N–H and O–H groups in total. The van der Waals surface area contributed by atoms with Gasteiger partial charge in [0.25, 0.3) is 0 Å². The standard InChI is InChI=1S/C109H154O6S2/c1-13-61-109(62-14-2)97-69-79(101-55-53-99(116-101)77-33-41-83(42-34-77)112-67-23-19-15-17-21-31-103(110)114-85-57-63-105(9)81(71-85)39-47-89-93-51-49-91(75(7)29-25-27-73(3)4)107(93,11)65-59-95(89)105)37-45-87(97)88-46-38-80(70-98(88)109)102-56-54-100(117-102)78-35-43-84(44-36-78)113-68-24-20-16-18-22-32-104(111)115-86-58-64-106(10)82(72-86)40-48-90-94-52-50-92(76(8)30-26-28-74(5)6)108(94,12)66-60-96(90)106/h33-38,41-46,53-56,69-70,73-76,81-82,85-86,89-96H,13-32,39-40,47-52,57-68,71-72H2,1-12H3/t75-,76-,81?,82?,85+,86+,89+,90+,91-,92-,93+,94+,95+,96+,105+,106+,107-,108-/m1/s1. The summed E-state index contributed by atoms with van der Waals surface area (Å²) >= 11 is 3.77. The molecule has 0 spiro atoms. The highest BCUT2D eigenvalue weighted by Crippen LogP contribution is 2.71. The van der Waals surface area contributed by atoms with Gasteiger partial charge in [-0.3, -0.25) is 9.59 Å². The van der Waals surface area contributed by atoms with Gasteiger partial charge in [-0.2, -0.15) is 0 Å². The third-order valence-electron chi connectivity index (χ3n) is 34.6. The van der Waals surface area contributed by atoms with Gasteiger partial charge in [-0.1, -0.05) is 197 Å². The molecule has 0 amide bonds. The number of hydrogen-bond donors (Lipinski definition) is 0. The fourth-order valence-electron chi connectivity index (χ4n) is 28.4. The van der Waals surface area contributed by atoms with Crippen LogP contribution in [0.4, 0.5) is 0 Å². The number of carbonyl (C=O) groups excluding carboxylic acids is 2. The predicted molar refractivity (Wildman–Crippen MR) is 492 cm³/mol. The topological polar surface area (TPSA) is 71.1 Å². The zero-order chi connectivity index (χ0) is 81.6. The van der Waals surface area contributed by atoms with Crippen molar-refractivity contribution >= 4 is 34.6 Å². The largest absolute Gasteiger partial charge is 0.494 e. The molecule has 0 bridgehead atoms. The van der Waals surface area contributed by atoms with Crippen LogP contribution < -0.4 is 9.47 Å². The van der Waals surface area contributed by atoms with E-state index in [4.69, 9.17) is 18.9 Å². The number of fused-ring (bicyclic) bond motifs is 13. The number of ether oxygens (including phenoxy) is 4. The second-order valence-electron chi connectivity index (χ2n) is 42.4. The zero-order valence-electron chi connectivity index (χ0n) is 75.1. The minimum absolute atomic E-state index is 0.0370. The molecule has 6 nitrogen and oxygen atoms in total. The van der Waals surface area contributed by atoms with Gasteiger partial charge in [0.15, 0.2) is 0 Å². The lowest BCUT2D eigenvalue weighted by molar-refractivity contribution is -0.163. The maximum absolute atomic E-state index is 13.3. The molecule has 117 heavy (non-hydrogen) atoms. The van der Waals surface area contributed by atoms with Crippen LogP contribution in [0.25, 0.3) is 52.9 Å². The number of thiophene rings is 2. The number of rotatable bonds is 38. The van der Waals surface area contributed by atoms with Crippen LogP contribution in [0.5, 0.6) is 11.5 Å². The molecule has 18 atom stereocenters. The first kappa shape index (κ1) is 86.7. The third-order valence-corrected chi connectivity index (χ3v) is 37.0. The first-order valence-electron chi connectivity index (χ1n) is 49.0. The molecule has 2 aromatic heterocycles. The molecule has 8 saturated carbocycles. The molecule has 9 aliphatic carbocycles. The van der Waals surface area contributed by atoms with Crippen molar-refractivity contribution in [2.24, 2.45) is 105 Å².